The Hall–Kier alpha value is -2.79. The summed E-state index contributed by atoms with van der Waals surface area (Å²) in [6, 6.07) is 14.3. The van der Waals surface area contributed by atoms with E-state index in [1.54, 1.807) is 35.7 Å². The van der Waals surface area contributed by atoms with Crippen molar-refractivity contribution in [2.45, 2.75) is 6.42 Å². The van der Waals surface area contributed by atoms with Crippen molar-refractivity contribution in [2.75, 3.05) is 6.54 Å². The Morgan fingerprint density at radius 2 is 2.00 bits per heavy atom. The zero-order valence-corrected chi connectivity index (χ0v) is 14.4. The van der Waals surface area contributed by atoms with Crippen LogP contribution in [0.25, 0.3) is 5.70 Å². The van der Waals surface area contributed by atoms with Crippen LogP contribution in [0.5, 0.6) is 0 Å². The topological polar surface area (TPSA) is 48.8 Å². The fourth-order valence-electron chi connectivity index (χ4n) is 2.43. The van der Waals surface area contributed by atoms with E-state index in [0.717, 1.165) is 11.3 Å². The third-order valence-corrected chi connectivity index (χ3v) is 4.41. The number of benzene rings is 1. The molecule has 1 aromatic carbocycles. The van der Waals surface area contributed by atoms with E-state index in [0.29, 0.717) is 29.9 Å². The Labute approximate surface area is 150 Å². The van der Waals surface area contributed by atoms with Crippen LogP contribution in [0.2, 0.25) is 0 Å². The van der Waals surface area contributed by atoms with Gasteiger partial charge in [0, 0.05) is 29.4 Å². The van der Waals surface area contributed by atoms with Crippen molar-refractivity contribution in [1.29, 1.82) is 5.41 Å². The average Bonchev–Trinajstić information content (AvgIpc) is 3.17. The molecule has 2 aromatic heterocycles. The number of halogens is 1. The maximum atomic E-state index is 13.7. The van der Waals surface area contributed by atoms with E-state index in [9.17, 15) is 4.39 Å². The van der Waals surface area contributed by atoms with Gasteiger partial charge in [-0.3, -0.25) is 10.4 Å². The van der Waals surface area contributed by atoms with Gasteiger partial charge < -0.3 is 5.32 Å². The Morgan fingerprint density at radius 3 is 2.72 bits per heavy atom. The van der Waals surface area contributed by atoms with Crippen molar-refractivity contribution in [3.63, 3.8) is 0 Å². The Balaban J connectivity index is 1.73. The highest BCUT2D eigenvalue weighted by molar-refractivity contribution is 7.08. The molecule has 0 radical (unpaired) electrons. The van der Waals surface area contributed by atoms with E-state index in [1.165, 1.54) is 6.07 Å². The molecule has 0 bridgehead atoms. The molecule has 0 saturated carbocycles. The second-order valence-electron chi connectivity index (χ2n) is 5.47. The Bertz CT molecular complexity index is 858. The molecule has 0 saturated heterocycles. The second-order valence-corrected chi connectivity index (χ2v) is 6.25. The summed E-state index contributed by atoms with van der Waals surface area (Å²) in [5.41, 5.74) is 3.48. The fraction of sp³-hybridized carbons (Fsp3) is 0.100. The third kappa shape index (κ3) is 4.61. The van der Waals surface area contributed by atoms with Crippen LogP contribution in [0.15, 0.2) is 71.6 Å². The Kier molecular flexibility index (Phi) is 5.69. The molecule has 5 heteroatoms. The number of rotatable bonds is 7. The van der Waals surface area contributed by atoms with Crippen molar-refractivity contribution in [3.8, 4) is 0 Å². The maximum Gasteiger partial charge on any atom is 0.126 e. The van der Waals surface area contributed by atoms with Crippen LogP contribution in [0.1, 0.15) is 16.8 Å². The summed E-state index contributed by atoms with van der Waals surface area (Å²) < 4.78 is 13.7. The summed E-state index contributed by atoms with van der Waals surface area (Å²) in [4.78, 5) is 4.21. The van der Waals surface area contributed by atoms with Gasteiger partial charge in [-0.2, -0.15) is 11.3 Å². The molecule has 0 aliphatic heterocycles. The molecule has 0 spiro atoms. The van der Waals surface area contributed by atoms with Crippen LogP contribution in [0.4, 0.5) is 4.39 Å². The van der Waals surface area contributed by atoms with Crippen molar-refractivity contribution >= 4 is 22.7 Å². The lowest BCUT2D eigenvalue weighted by Crippen LogP contribution is -2.17. The molecule has 0 atom stereocenters. The van der Waals surface area contributed by atoms with E-state index in [1.807, 2.05) is 41.1 Å². The number of nitrogens with one attached hydrogen (secondary N) is 2. The van der Waals surface area contributed by atoms with E-state index in [-0.39, 0.29) is 5.82 Å². The lowest BCUT2D eigenvalue weighted by Gasteiger charge is -2.11. The summed E-state index contributed by atoms with van der Waals surface area (Å²) in [7, 11) is 0. The molecule has 0 aliphatic rings. The molecule has 3 aromatic rings. The first-order valence-electron chi connectivity index (χ1n) is 7.95. The fourth-order valence-corrected chi connectivity index (χ4v) is 3.08. The Morgan fingerprint density at radius 1 is 1.16 bits per heavy atom. The molecule has 2 heterocycles. The highest BCUT2D eigenvalue weighted by Crippen LogP contribution is 2.16. The molecule has 126 valence electrons. The quantitative estimate of drug-likeness (QED) is 0.615. The predicted octanol–water partition coefficient (Wildman–Crippen LogP) is 4.52. The highest BCUT2D eigenvalue weighted by Gasteiger charge is 2.07. The summed E-state index contributed by atoms with van der Waals surface area (Å²) in [6.45, 7) is 0.581. The molecule has 0 aliphatic carbocycles. The lowest BCUT2D eigenvalue weighted by molar-refractivity contribution is 0.607. The largest absolute Gasteiger partial charge is 0.384 e. The van der Waals surface area contributed by atoms with Gasteiger partial charge in [-0.05, 0) is 47.7 Å². The molecular formula is C20H18FN3S. The van der Waals surface area contributed by atoms with Crippen LogP contribution in [-0.2, 0) is 6.42 Å². The number of hydrogen-bond donors (Lipinski definition) is 2. The molecule has 3 nitrogen and oxygen atoms in total. The van der Waals surface area contributed by atoms with Crippen molar-refractivity contribution in [3.05, 3.63) is 94.2 Å². The summed E-state index contributed by atoms with van der Waals surface area (Å²) in [5, 5.41) is 15.6. The van der Waals surface area contributed by atoms with E-state index < -0.39 is 0 Å². The summed E-state index contributed by atoms with van der Waals surface area (Å²) >= 11 is 1.60. The van der Waals surface area contributed by atoms with Crippen molar-refractivity contribution < 1.29 is 4.39 Å². The highest BCUT2D eigenvalue weighted by atomic mass is 32.1. The van der Waals surface area contributed by atoms with Crippen LogP contribution >= 0.6 is 11.3 Å². The van der Waals surface area contributed by atoms with Crippen molar-refractivity contribution in [2.24, 2.45) is 0 Å². The van der Waals surface area contributed by atoms with Gasteiger partial charge in [-0.25, -0.2) is 4.39 Å². The molecule has 3 rings (SSSR count). The minimum absolute atomic E-state index is 0.188. The van der Waals surface area contributed by atoms with Gasteiger partial charge in [0.2, 0.25) is 0 Å². The molecule has 0 unspecified atom stereocenters. The van der Waals surface area contributed by atoms with Gasteiger partial charge in [0.1, 0.15) is 5.82 Å². The number of hydrogen-bond acceptors (Lipinski definition) is 4. The van der Waals surface area contributed by atoms with Gasteiger partial charge in [0.15, 0.2) is 0 Å². The van der Waals surface area contributed by atoms with Gasteiger partial charge in [0.05, 0.1) is 11.4 Å². The molecule has 0 amide bonds. The number of nitrogens with zero attached hydrogens (tertiary/aromatic N) is 1. The zero-order valence-electron chi connectivity index (χ0n) is 13.6. The van der Waals surface area contributed by atoms with Crippen LogP contribution < -0.4 is 5.32 Å². The zero-order chi connectivity index (χ0) is 17.5. The lowest BCUT2D eigenvalue weighted by atomic mass is 10.1. The molecular weight excluding hydrogens is 333 g/mol. The first-order chi connectivity index (χ1) is 12.2. The molecule has 2 N–H and O–H groups in total. The van der Waals surface area contributed by atoms with Gasteiger partial charge in [0.25, 0.3) is 0 Å². The van der Waals surface area contributed by atoms with Gasteiger partial charge in [-0.1, -0.05) is 24.3 Å². The monoisotopic (exact) mass is 351 g/mol. The first-order valence-corrected chi connectivity index (χ1v) is 8.90. The minimum atomic E-state index is -0.188. The summed E-state index contributed by atoms with van der Waals surface area (Å²) in [6.07, 6.45) is 4.02. The second kappa shape index (κ2) is 8.35. The number of allylic oxidation sites excluding steroid dienone is 1. The van der Waals surface area contributed by atoms with Crippen LogP contribution in [0.3, 0.4) is 0 Å². The van der Waals surface area contributed by atoms with Gasteiger partial charge >= 0.3 is 0 Å². The number of thiophene rings is 1. The maximum absolute atomic E-state index is 13.7. The predicted molar refractivity (Wildman–Crippen MR) is 101 cm³/mol. The number of pyridine rings is 1. The normalized spacial score (nSPS) is 11.3. The van der Waals surface area contributed by atoms with E-state index in [4.69, 9.17) is 5.41 Å². The smallest absolute Gasteiger partial charge is 0.126 e. The average molecular weight is 351 g/mol. The number of aromatic nitrogens is 1. The van der Waals surface area contributed by atoms with E-state index in [2.05, 4.69) is 10.3 Å². The van der Waals surface area contributed by atoms with Crippen LogP contribution in [-0.4, -0.2) is 17.2 Å². The summed E-state index contributed by atoms with van der Waals surface area (Å²) in [5.74, 6) is -0.188. The van der Waals surface area contributed by atoms with Gasteiger partial charge in [-0.15, -0.1) is 0 Å². The van der Waals surface area contributed by atoms with E-state index >= 15 is 0 Å². The van der Waals surface area contributed by atoms with Crippen molar-refractivity contribution in [1.82, 2.24) is 10.3 Å². The van der Waals surface area contributed by atoms with Crippen LogP contribution in [0, 0.1) is 11.2 Å². The molecule has 0 fully saturated rings. The third-order valence-electron chi connectivity index (χ3n) is 3.73. The standard InChI is InChI=1S/C20H18FN3S/c21-17-6-2-1-5-15(17)8-11-24-20(16-9-12-25-14-16)13-18(22)19-7-3-4-10-23-19/h1-7,9-10,12-14,22,24H,8,11H2/b20-13-,22-18?. The first kappa shape index (κ1) is 17.0. The minimum Gasteiger partial charge on any atom is -0.384 e. The SMILES string of the molecule is N=C(/C=C(\NCCc1ccccc1F)c1ccsc1)c1ccccn1. The molecule has 25 heavy (non-hydrogen) atoms.